The lowest BCUT2D eigenvalue weighted by molar-refractivity contribution is -0.384. The molecule has 104 valence electrons. The molecule has 0 aromatic carbocycles. The van der Waals surface area contributed by atoms with Crippen molar-refractivity contribution in [3.8, 4) is 0 Å². The number of aryl methyl sites for hydroxylation is 1. The van der Waals surface area contributed by atoms with Crippen molar-refractivity contribution in [1.82, 2.24) is 15.0 Å². The summed E-state index contributed by atoms with van der Waals surface area (Å²) >= 11 is 5.72. The molecule has 2 aromatic heterocycles. The lowest BCUT2D eigenvalue weighted by atomic mass is 10.1. The van der Waals surface area contributed by atoms with Crippen molar-refractivity contribution < 1.29 is 4.92 Å². The number of halogens is 1. The largest absolute Gasteiger partial charge is 0.359 e. The number of hydrogen-bond donors (Lipinski definition) is 1. The average molecular weight is 294 g/mol. The second kappa shape index (κ2) is 6.25. The third-order valence-electron chi connectivity index (χ3n) is 2.75. The van der Waals surface area contributed by atoms with Crippen LogP contribution in [-0.4, -0.2) is 19.9 Å². The second-order valence-electron chi connectivity index (χ2n) is 3.94. The molecular weight excluding hydrogens is 282 g/mol. The molecule has 0 radical (unpaired) electrons. The summed E-state index contributed by atoms with van der Waals surface area (Å²) < 4.78 is 0. The highest BCUT2D eigenvalue weighted by atomic mass is 35.5. The zero-order valence-electron chi connectivity index (χ0n) is 10.7. The van der Waals surface area contributed by atoms with Gasteiger partial charge in [0.1, 0.15) is 6.33 Å². The van der Waals surface area contributed by atoms with Crippen LogP contribution in [0.15, 0.2) is 24.7 Å². The monoisotopic (exact) mass is 293 g/mol. The van der Waals surface area contributed by atoms with E-state index in [9.17, 15) is 10.1 Å². The van der Waals surface area contributed by atoms with Crippen LogP contribution in [0.25, 0.3) is 0 Å². The van der Waals surface area contributed by atoms with Crippen molar-refractivity contribution in [3.05, 3.63) is 51.2 Å². The molecular formula is C12H12ClN5O2. The SMILES string of the molecule is CCc1cccnc1CNc1ncnc(Cl)c1[N+](=O)[O-]. The predicted octanol–water partition coefficient (Wildman–Crippen LogP) is 2.61. The number of pyridine rings is 1. The van der Waals surface area contributed by atoms with Crippen molar-refractivity contribution in [2.75, 3.05) is 5.32 Å². The highest BCUT2D eigenvalue weighted by Crippen LogP contribution is 2.28. The van der Waals surface area contributed by atoms with Gasteiger partial charge in [0.25, 0.3) is 0 Å². The Balaban J connectivity index is 2.23. The van der Waals surface area contributed by atoms with E-state index < -0.39 is 4.92 Å². The molecule has 0 aliphatic rings. The van der Waals surface area contributed by atoms with E-state index in [2.05, 4.69) is 20.3 Å². The molecule has 0 unspecified atom stereocenters. The first kappa shape index (κ1) is 14.1. The normalized spacial score (nSPS) is 10.3. The van der Waals surface area contributed by atoms with E-state index >= 15 is 0 Å². The summed E-state index contributed by atoms with van der Waals surface area (Å²) in [4.78, 5) is 22.1. The number of hydrogen-bond acceptors (Lipinski definition) is 6. The number of aromatic nitrogens is 3. The van der Waals surface area contributed by atoms with Crippen molar-refractivity contribution in [1.29, 1.82) is 0 Å². The highest BCUT2D eigenvalue weighted by molar-refractivity contribution is 6.31. The summed E-state index contributed by atoms with van der Waals surface area (Å²) in [5.41, 5.74) is 1.56. The van der Waals surface area contributed by atoms with Crippen LogP contribution in [0, 0.1) is 10.1 Å². The second-order valence-corrected chi connectivity index (χ2v) is 4.29. The maximum Gasteiger partial charge on any atom is 0.348 e. The van der Waals surface area contributed by atoms with Gasteiger partial charge in [-0.05, 0) is 18.1 Å². The Morgan fingerprint density at radius 2 is 2.20 bits per heavy atom. The predicted molar refractivity (Wildman–Crippen MR) is 74.6 cm³/mol. The summed E-state index contributed by atoms with van der Waals surface area (Å²) in [7, 11) is 0. The standard InChI is InChI=1S/C12H12ClN5O2/c1-2-8-4-3-5-14-9(8)6-15-12-10(18(19)20)11(13)16-7-17-12/h3-5,7H,2,6H2,1H3,(H,15,16,17). The van der Waals surface area contributed by atoms with Gasteiger partial charge in [-0.1, -0.05) is 24.6 Å². The molecule has 0 saturated heterocycles. The first-order valence-corrected chi connectivity index (χ1v) is 6.32. The average Bonchev–Trinajstić information content (AvgIpc) is 2.45. The first-order valence-electron chi connectivity index (χ1n) is 5.95. The first-order chi connectivity index (χ1) is 9.63. The smallest absolute Gasteiger partial charge is 0.348 e. The third-order valence-corrected chi connectivity index (χ3v) is 3.03. The summed E-state index contributed by atoms with van der Waals surface area (Å²) in [6.07, 6.45) is 3.69. The minimum Gasteiger partial charge on any atom is -0.359 e. The van der Waals surface area contributed by atoms with Crippen molar-refractivity contribution in [2.45, 2.75) is 19.9 Å². The van der Waals surface area contributed by atoms with Crippen LogP contribution in [0.3, 0.4) is 0 Å². The highest BCUT2D eigenvalue weighted by Gasteiger charge is 2.21. The Kier molecular flexibility index (Phi) is 4.41. The minimum atomic E-state index is -0.607. The van der Waals surface area contributed by atoms with E-state index in [4.69, 9.17) is 11.6 Å². The van der Waals surface area contributed by atoms with E-state index in [1.807, 2.05) is 19.1 Å². The number of rotatable bonds is 5. The molecule has 20 heavy (non-hydrogen) atoms. The van der Waals surface area contributed by atoms with E-state index in [1.165, 1.54) is 6.33 Å². The molecule has 8 heteroatoms. The van der Waals surface area contributed by atoms with Gasteiger partial charge < -0.3 is 5.32 Å². The van der Waals surface area contributed by atoms with Gasteiger partial charge in [-0.25, -0.2) is 9.97 Å². The Bertz CT molecular complexity index is 635. The van der Waals surface area contributed by atoms with Crippen LogP contribution in [0.5, 0.6) is 0 Å². The third kappa shape index (κ3) is 3.00. The van der Waals surface area contributed by atoms with Gasteiger partial charge in [0.2, 0.25) is 11.0 Å². The lowest BCUT2D eigenvalue weighted by Crippen LogP contribution is -2.08. The molecule has 0 aliphatic carbocycles. The maximum atomic E-state index is 11.0. The van der Waals surface area contributed by atoms with E-state index in [-0.39, 0.29) is 16.7 Å². The molecule has 0 aliphatic heterocycles. The van der Waals surface area contributed by atoms with Gasteiger partial charge in [-0.3, -0.25) is 15.1 Å². The summed E-state index contributed by atoms with van der Waals surface area (Å²) in [5.74, 6) is 0.0858. The molecule has 0 atom stereocenters. The van der Waals surface area contributed by atoms with Gasteiger partial charge in [0, 0.05) is 6.20 Å². The summed E-state index contributed by atoms with van der Waals surface area (Å²) in [6, 6.07) is 3.82. The van der Waals surface area contributed by atoms with Crippen LogP contribution < -0.4 is 5.32 Å². The van der Waals surface area contributed by atoms with Crippen LogP contribution in [0.1, 0.15) is 18.2 Å². The van der Waals surface area contributed by atoms with Crippen molar-refractivity contribution in [3.63, 3.8) is 0 Å². The zero-order valence-corrected chi connectivity index (χ0v) is 11.5. The fourth-order valence-corrected chi connectivity index (χ4v) is 1.97. The topological polar surface area (TPSA) is 93.8 Å². The lowest BCUT2D eigenvalue weighted by Gasteiger charge is -2.08. The van der Waals surface area contributed by atoms with Crippen LogP contribution in [0.4, 0.5) is 11.5 Å². The van der Waals surface area contributed by atoms with Crippen LogP contribution in [-0.2, 0) is 13.0 Å². The van der Waals surface area contributed by atoms with Gasteiger partial charge in [0.15, 0.2) is 0 Å². The summed E-state index contributed by atoms with van der Waals surface area (Å²) in [6.45, 7) is 2.35. The summed E-state index contributed by atoms with van der Waals surface area (Å²) in [5, 5.41) is 13.7. The molecule has 0 saturated carbocycles. The molecule has 2 rings (SSSR count). The van der Waals surface area contributed by atoms with Gasteiger partial charge >= 0.3 is 5.69 Å². The van der Waals surface area contributed by atoms with Gasteiger partial charge in [-0.15, -0.1) is 0 Å². The molecule has 2 aromatic rings. The molecule has 0 amide bonds. The Labute approximate surface area is 120 Å². The van der Waals surface area contributed by atoms with E-state index in [1.54, 1.807) is 6.20 Å². The Morgan fingerprint density at radius 1 is 1.40 bits per heavy atom. The van der Waals surface area contributed by atoms with E-state index in [0.29, 0.717) is 6.54 Å². The molecule has 0 spiro atoms. The van der Waals surface area contributed by atoms with Crippen LogP contribution >= 0.6 is 11.6 Å². The zero-order chi connectivity index (χ0) is 14.5. The Morgan fingerprint density at radius 3 is 2.90 bits per heavy atom. The van der Waals surface area contributed by atoms with Gasteiger partial charge in [-0.2, -0.15) is 0 Å². The molecule has 7 nitrogen and oxygen atoms in total. The maximum absolute atomic E-state index is 11.0. The minimum absolute atomic E-state index is 0.0858. The molecule has 0 bridgehead atoms. The Hall–Kier alpha value is -2.28. The van der Waals surface area contributed by atoms with Gasteiger partial charge in [0.05, 0.1) is 17.2 Å². The quantitative estimate of drug-likeness (QED) is 0.517. The fraction of sp³-hybridized carbons (Fsp3) is 0.250. The fourth-order valence-electron chi connectivity index (χ4n) is 1.77. The van der Waals surface area contributed by atoms with Crippen molar-refractivity contribution in [2.24, 2.45) is 0 Å². The number of nitrogens with zero attached hydrogens (tertiary/aromatic N) is 4. The molecule has 1 N–H and O–H groups in total. The van der Waals surface area contributed by atoms with Crippen LogP contribution in [0.2, 0.25) is 5.15 Å². The molecule has 0 fully saturated rings. The van der Waals surface area contributed by atoms with E-state index in [0.717, 1.165) is 17.7 Å². The van der Waals surface area contributed by atoms with Crippen molar-refractivity contribution >= 4 is 23.1 Å². The molecule has 2 heterocycles. The number of anilines is 1. The number of nitro groups is 1. The number of nitrogens with one attached hydrogen (secondary N) is 1.